The van der Waals surface area contributed by atoms with Crippen LogP contribution in [0, 0.1) is 0 Å². The minimum atomic E-state index is -0.161. The van der Waals surface area contributed by atoms with Crippen LogP contribution in [0.15, 0.2) is 48.1 Å². The Labute approximate surface area is 207 Å². The van der Waals surface area contributed by atoms with Crippen LogP contribution in [0.3, 0.4) is 0 Å². The lowest BCUT2D eigenvalue weighted by Crippen LogP contribution is -2.38. The Balaban J connectivity index is 0.000000672. The van der Waals surface area contributed by atoms with Gasteiger partial charge in [-0.05, 0) is 43.0 Å². The molecule has 35 heavy (non-hydrogen) atoms. The number of rotatable bonds is 7. The largest absolute Gasteiger partial charge is 0.362 e. The molecule has 1 unspecified atom stereocenters. The third kappa shape index (κ3) is 5.64. The first-order valence-corrected chi connectivity index (χ1v) is 12.2. The molecule has 0 saturated carbocycles. The first-order valence-electron chi connectivity index (χ1n) is 11.3. The van der Waals surface area contributed by atoms with E-state index in [0.717, 1.165) is 41.5 Å². The molecular weight excluding hydrogens is 464 g/mol. The molecule has 1 aliphatic heterocycles. The molecule has 10 nitrogen and oxygen atoms in total. The van der Waals surface area contributed by atoms with Gasteiger partial charge in [-0.1, -0.05) is 6.07 Å². The standard InChI is InChI=1S/C22H23N7OS.C2H5NO/c1-14(23)12-24-22(30)15-10-18(26-20(11-15)28-6-3-7-28)16-13-25-29-8-5-17(27-21(16)29)19-4-2-9-31-19;1-3-2-4/h2,4-5,8-11,13-14H,3,6-7,12,23H2,1H3,(H,24,30);2H,1H3,(H,3,4). The summed E-state index contributed by atoms with van der Waals surface area (Å²) in [7, 11) is 1.56. The smallest absolute Gasteiger partial charge is 0.251 e. The molecule has 1 fully saturated rings. The topological polar surface area (TPSA) is 131 Å². The predicted octanol–water partition coefficient (Wildman–Crippen LogP) is 2.17. The van der Waals surface area contributed by atoms with Gasteiger partial charge in [-0.15, -0.1) is 11.3 Å². The average Bonchev–Trinajstić information content (AvgIpc) is 3.51. The lowest BCUT2D eigenvalue weighted by molar-refractivity contribution is -0.109. The molecule has 1 atom stereocenters. The fraction of sp³-hybridized carbons (Fsp3) is 0.292. The summed E-state index contributed by atoms with van der Waals surface area (Å²) in [6, 6.07) is 9.54. The maximum Gasteiger partial charge on any atom is 0.251 e. The van der Waals surface area contributed by atoms with Crippen molar-refractivity contribution in [1.29, 1.82) is 0 Å². The number of amides is 2. The number of nitrogens with zero attached hydrogens (tertiary/aromatic N) is 5. The molecule has 0 bridgehead atoms. The summed E-state index contributed by atoms with van der Waals surface area (Å²) in [5.41, 5.74) is 9.43. The monoisotopic (exact) mass is 492 g/mol. The predicted molar refractivity (Wildman–Crippen MR) is 137 cm³/mol. The van der Waals surface area contributed by atoms with Gasteiger partial charge in [0.2, 0.25) is 6.41 Å². The molecule has 182 valence electrons. The fourth-order valence-corrected chi connectivity index (χ4v) is 4.15. The summed E-state index contributed by atoms with van der Waals surface area (Å²) in [4.78, 5) is 34.8. The summed E-state index contributed by atoms with van der Waals surface area (Å²) in [6.45, 7) is 4.15. The van der Waals surface area contributed by atoms with Gasteiger partial charge < -0.3 is 21.3 Å². The van der Waals surface area contributed by atoms with E-state index >= 15 is 0 Å². The van der Waals surface area contributed by atoms with E-state index in [-0.39, 0.29) is 11.9 Å². The van der Waals surface area contributed by atoms with Gasteiger partial charge in [0.15, 0.2) is 5.65 Å². The van der Waals surface area contributed by atoms with E-state index in [1.54, 1.807) is 35.2 Å². The lowest BCUT2D eigenvalue weighted by Gasteiger charge is -2.32. The molecule has 11 heteroatoms. The second kappa shape index (κ2) is 11.1. The second-order valence-corrected chi connectivity index (χ2v) is 9.10. The Morgan fingerprint density at radius 3 is 2.69 bits per heavy atom. The van der Waals surface area contributed by atoms with Crippen LogP contribution < -0.4 is 21.3 Å². The number of hydrogen-bond donors (Lipinski definition) is 3. The van der Waals surface area contributed by atoms with Crippen molar-refractivity contribution in [3.63, 3.8) is 0 Å². The van der Waals surface area contributed by atoms with Crippen molar-refractivity contribution >= 4 is 35.1 Å². The molecule has 1 aliphatic rings. The van der Waals surface area contributed by atoms with Crippen LogP contribution in [-0.4, -0.2) is 64.6 Å². The highest BCUT2D eigenvalue weighted by Crippen LogP contribution is 2.30. The van der Waals surface area contributed by atoms with Crippen molar-refractivity contribution in [3.8, 4) is 21.8 Å². The number of nitrogens with two attached hydrogens (primary N) is 1. The minimum absolute atomic E-state index is 0.111. The number of aromatic nitrogens is 4. The molecule has 4 aromatic heterocycles. The van der Waals surface area contributed by atoms with E-state index in [1.807, 2.05) is 42.8 Å². The Bertz CT molecular complexity index is 1300. The lowest BCUT2D eigenvalue weighted by atomic mass is 10.1. The van der Waals surface area contributed by atoms with Crippen LogP contribution in [0.4, 0.5) is 5.82 Å². The van der Waals surface area contributed by atoms with Crippen molar-refractivity contribution in [2.24, 2.45) is 5.73 Å². The van der Waals surface area contributed by atoms with E-state index in [1.165, 1.54) is 0 Å². The molecule has 0 spiro atoms. The fourth-order valence-electron chi connectivity index (χ4n) is 3.46. The molecule has 4 N–H and O–H groups in total. The number of carbonyl (C=O) groups excluding carboxylic acids is 2. The maximum atomic E-state index is 12.8. The SMILES string of the molecule is CC(N)CNC(=O)c1cc(-c2cnn3ccc(-c4cccs4)nc23)nc(N2CCC2)c1.CNC=O. The highest BCUT2D eigenvalue weighted by Gasteiger charge is 2.21. The van der Waals surface area contributed by atoms with Gasteiger partial charge in [-0.25, -0.2) is 14.5 Å². The quantitative estimate of drug-likeness (QED) is 0.337. The highest BCUT2D eigenvalue weighted by molar-refractivity contribution is 7.13. The zero-order valence-corrected chi connectivity index (χ0v) is 20.5. The van der Waals surface area contributed by atoms with Crippen LogP contribution >= 0.6 is 11.3 Å². The van der Waals surface area contributed by atoms with Gasteiger partial charge >= 0.3 is 0 Å². The Morgan fingerprint density at radius 1 is 1.26 bits per heavy atom. The normalized spacial score (nSPS) is 13.4. The van der Waals surface area contributed by atoms with Crippen molar-refractivity contribution in [1.82, 2.24) is 30.2 Å². The first-order chi connectivity index (χ1) is 17.0. The van der Waals surface area contributed by atoms with E-state index in [9.17, 15) is 4.79 Å². The summed E-state index contributed by atoms with van der Waals surface area (Å²) < 4.78 is 1.74. The third-order valence-corrected chi connectivity index (χ3v) is 6.27. The number of pyridine rings is 1. The maximum absolute atomic E-state index is 12.8. The van der Waals surface area contributed by atoms with Crippen LogP contribution in [0.25, 0.3) is 27.5 Å². The van der Waals surface area contributed by atoms with Gasteiger partial charge in [0.1, 0.15) is 5.82 Å². The van der Waals surface area contributed by atoms with Crippen molar-refractivity contribution in [3.05, 3.63) is 53.7 Å². The molecule has 0 aliphatic carbocycles. The molecule has 4 aromatic rings. The van der Waals surface area contributed by atoms with Crippen molar-refractivity contribution in [2.75, 3.05) is 31.6 Å². The summed E-state index contributed by atoms with van der Waals surface area (Å²) in [6.07, 6.45) is 5.41. The molecule has 5 rings (SSSR count). The van der Waals surface area contributed by atoms with E-state index < -0.39 is 0 Å². The van der Waals surface area contributed by atoms with Gasteiger partial charge in [0.05, 0.1) is 28.0 Å². The van der Waals surface area contributed by atoms with E-state index in [2.05, 4.69) is 20.6 Å². The molecule has 5 heterocycles. The summed E-state index contributed by atoms with van der Waals surface area (Å²) >= 11 is 1.64. The minimum Gasteiger partial charge on any atom is -0.362 e. The second-order valence-electron chi connectivity index (χ2n) is 8.15. The first kappa shape index (κ1) is 24.3. The number of hydrogen-bond acceptors (Lipinski definition) is 8. The van der Waals surface area contributed by atoms with Gasteiger partial charge in [0.25, 0.3) is 5.91 Å². The highest BCUT2D eigenvalue weighted by atomic mass is 32.1. The van der Waals surface area contributed by atoms with E-state index in [0.29, 0.717) is 29.9 Å². The van der Waals surface area contributed by atoms with E-state index in [4.69, 9.17) is 20.5 Å². The molecular formula is C24H28N8O2S. The van der Waals surface area contributed by atoms with Crippen molar-refractivity contribution in [2.45, 2.75) is 19.4 Å². The summed E-state index contributed by atoms with van der Waals surface area (Å²) in [5, 5.41) is 11.6. The van der Waals surface area contributed by atoms with Crippen molar-refractivity contribution < 1.29 is 9.59 Å². The molecule has 0 radical (unpaired) electrons. The number of thiophene rings is 1. The molecule has 0 aromatic carbocycles. The van der Waals surface area contributed by atoms with Crippen LogP contribution in [0.2, 0.25) is 0 Å². The van der Waals surface area contributed by atoms with Crippen LogP contribution in [0.5, 0.6) is 0 Å². The average molecular weight is 493 g/mol. The van der Waals surface area contributed by atoms with Crippen LogP contribution in [-0.2, 0) is 4.79 Å². The Morgan fingerprint density at radius 2 is 2.06 bits per heavy atom. The zero-order valence-electron chi connectivity index (χ0n) is 19.6. The molecule has 1 saturated heterocycles. The number of fused-ring (bicyclic) bond motifs is 1. The number of anilines is 1. The third-order valence-electron chi connectivity index (χ3n) is 5.38. The van der Waals surface area contributed by atoms with Gasteiger partial charge in [-0.2, -0.15) is 5.10 Å². The van der Waals surface area contributed by atoms with Crippen LogP contribution in [0.1, 0.15) is 23.7 Å². The molecule has 2 amide bonds. The van der Waals surface area contributed by atoms with Gasteiger partial charge in [0, 0.05) is 44.5 Å². The summed E-state index contributed by atoms with van der Waals surface area (Å²) in [5.74, 6) is 0.634. The Hall–Kier alpha value is -3.83. The number of nitrogens with one attached hydrogen (secondary N) is 2. The van der Waals surface area contributed by atoms with Gasteiger partial charge in [-0.3, -0.25) is 9.59 Å². The zero-order chi connectivity index (χ0) is 24.8. The Kier molecular flexibility index (Phi) is 7.68. The number of carbonyl (C=O) groups is 2.